The summed E-state index contributed by atoms with van der Waals surface area (Å²) in [7, 11) is 0. The maximum absolute atomic E-state index is 11.1. The summed E-state index contributed by atoms with van der Waals surface area (Å²) in [5.74, 6) is 0.524. The Morgan fingerprint density at radius 1 is 1.73 bits per heavy atom. The second-order valence-electron chi connectivity index (χ2n) is 3.75. The Kier molecular flexibility index (Phi) is 3.01. The van der Waals surface area contributed by atoms with Crippen LogP contribution in [-0.4, -0.2) is 29.2 Å². The molecule has 0 saturated carbocycles. The van der Waals surface area contributed by atoms with E-state index in [9.17, 15) is 4.79 Å². The van der Waals surface area contributed by atoms with Crippen molar-refractivity contribution in [2.24, 2.45) is 0 Å². The molecule has 2 rings (SSSR count). The van der Waals surface area contributed by atoms with E-state index in [0.717, 1.165) is 19.4 Å². The van der Waals surface area contributed by atoms with Crippen LogP contribution in [0, 0.1) is 6.92 Å². The van der Waals surface area contributed by atoms with Gasteiger partial charge in [-0.1, -0.05) is 0 Å². The molecular weight excluding hydrogens is 194 g/mol. The molecule has 15 heavy (non-hydrogen) atoms. The van der Waals surface area contributed by atoms with Gasteiger partial charge in [-0.05, 0) is 19.8 Å². The Hall–Kier alpha value is -1.36. The van der Waals surface area contributed by atoms with Crippen LogP contribution < -0.4 is 10.9 Å². The molecule has 5 heteroatoms. The summed E-state index contributed by atoms with van der Waals surface area (Å²) in [5.41, 5.74) is 0.589. The predicted octanol–water partition coefficient (Wildman–Crippen LogP) is 0.669. The van der Waals surface area contributed by atoms with Crippen molar-refractivity contribution in [1.82, 2.24) is 9.97 Å². The van der Waals surface area contributed by atoms with Crippen molar-refractivity contribution in [1.29, 1.82) is 0 Å². The zero-order valence-corrected chi connectivity index (χ0v) is 8.75. The van der Waals surface area contributed by atoms with E-state index in [1.165, 1.54) is 6.07 Å². The largest absolute Gasteiger partial charge is 0.376 e. The van der Waals surface area contributed by atoms with Crippen LogP contribution in [0.15, 0.2) is 10.9 Å². The number of H-pyrrole nitrogens is 1. The van der Waals surface area contributed by atoms with Gasteiger partial charge in [-0.2, -0.15) is 0 Å². The third-order valence-electron chi connectivity index (χ3n) is 2.39. The molecule has 2 heterocycles. The number of aromatic nitrogens is 2. The quantitative estimate of drug-likeness (QED) is 0.767. The van der Waals surface area contributed by atoms with Crippen LogP contribution >= 0.6 is 0 Å². The third-order valence-corrected chi connectivity index (χ3v) is 2.39. The fourth-order valence-corrected chi connectivity index (χ4v) is 1.68. The number of nitrogens with zero attached hydrogens (tertiary/aromatic N) is 1. The lowest BCUT2D eigenvalue weighted by molar-refractivity contribution is 0.120. The number of rotatable bonds is 3. The third kappa shape index (κ3) is 2.79. The lowest BCUT2D eigenvalue weighted by atomic mass is 10.2. The van der Waals surface area contributed by atoms with E-state index >= 15 is 0 Å². The van der Waals surface area contributed by atoms with Crippen LogP contribution in [0.1, 0.15) is 18.5 Å². The zero-order chi connectivity index (χ0) is 10.7. The molecule has 1 saturated heterocycles. The van der Waals surface area contributed by atoms with E-state index < -0.39 is 0 Å². The summed E-state index contributed by atoms with van der Waals surface area (Å²) >= 11 is 0. The number of aryl methyl sites for hydroxylation is 1. The van der Waals surface area contributed by atoms with Crippen LogP contribution in [0.25, 0.3) is 0 Å². The molecule has 1 aliphatic rings. The molecule has 0 aliphatic carbocycles. The molecule has 0 bridgehead atoms. The van der Waals surface area contributed by atoms with E-state index in [4.69, 9.17) is 4.74 Å². The number of aromatic amines is 1. The minimum absolute atomic E-state index is 0.127. The van der Waals surface area contributed by atoms with Crippen molar-refractivity contribution >= 4 is 5.95 Å². The molecule has 0 amide bonds. The first-order chi connectivity index (χ1) is 7.24. The van der Waals surface area contributed by atoms with Crippen molar-refractivity contribution in [3.8, 4) is 0 Å². The van der Waals surface area contributed by atoms with Gasteiger partial charge in [0.15, 0.2) is 0 Å². The molecule has 1 fully saturated rings. The number of hydrogen-bond donors (Lipinski definition) is 2. The molecule has 82 valence electrons. The van der Waals surface area contributed by atoms with Crippen LogP contribution in [0.4, 0.5) is 5.95 Å². The topological polar surface area (TPSA) is 67.0 Å². The first-order valence-corrected chi connectivity index (χ1v) is 5.17. The van der Waals surface area contributed by atoms with Crippen molar-refractivity contribution in [2.45, 2.75) is 25.9 Å². The molecule has 0 radical (unpaired) electrons. The summed E-state index contributed by atoms with van der Waals surface area (Å²) < 4.78 is 5.45. The van der Waals surface area contributed by atoms with E-state index in [1.54, 1.807) is 6.92 Å². The average molecular weight is 209 g/mol. The Labute approximate surface area is 87.9 Å². The highest BCUT2D eigenvalue weighted by atomic mass is 16.5. The second kappa shape index (κ2) is 4.44. The van der Waals surface area contributed by atoms with Crippen molar-refractivity contribution in [3.63, 3.8) is 0 Å². The van der Waals surface area contributed by atoms with Gasteiger partial charge in [-0.3, -0.25) is 9.78 Å². The maximum Gasteiger partial charge on any atom is 0.252 e. The summed E-state index contributed by atoms with van der Waals surface area (Å²) in [6, 6.07) is 1.47. The van der Waals surface area contributed by atoms with E-state index in [1.807, 2.05) is 0 Å². The molecule has 0 aromatic carbocycles. The highest BCUT2D eigenvalue weighted by Crippen LogP contribution is 2.11. The van der Waals surface area contributed by atoms with Gasteiger partial charge in [0.05, 0.1) is 6.10 Å². The normalized spacial score (nSPS) is 20.5. The van der Waals surface area contributed by atoms with E-state index in [-0.39, 0.29) is 11.7 Å². The molecular formula is C10H15N3O2. The van der Waals surface area contributed by atoms with Gasteiger partial charge in [0.25, 0.3) is 5.56 Å². The molecule has 1 aromatic heterocycles. The fourth-order valence-electron chi connectivity index (χ4n) is 1.68. The number of nitrogens with one attached hydrogen (secondary N) is 2. The van der Waals surface area contributed by atoms with Crippen molar-refractivity contribution < 1.29 is 4.74 Å². The van der Waals surface area contributed by atoms with Crippen molar-refractivity contribution in [3.05, 3.63) is 22.1 Å². The predicted molar refractivity (Wildman–Crippen MR) is 57.1 cm³/mol. The second-order valence-corrected chi connectivity index (χ2v) is 3.75. The molecule has 1 aromatic rings. The summed E-state index contributed by atoms with van der Waals surface area (Å²) in [5, 5.41) is 3.08. The summed E-state index contributed by atoms with van der Waals surface area (Å²) in [4.78, 5) is 18.0. The van der Waals surface area contributed by atoms with E-state index in [0.29, 0.717) is 18.2 Å². The Balaban J connectivity index is 1.95. The summed E-state index contributed by atoms with van der Waals surface area (Å²) in [6.07, 6.45) is 2.43. The van der Waals surface area contributed by atoms with Crippen molar-refractivity contribution in [2.75, 3.05) is 18.5 Å². The lowest BCUT2D eigenvalue weighted by Gasteiger charge is -2.10. The Bertz CT molecular complexity index is 382. The SMILES string of the molecule is Cc1cc(=O)[nH]c(NC[C@H]2CCCO2)n1. The molecule has 1 aliphatic heterocycles. The first-order valence-electron chi connectivity index (χ1n) is 5.17. The maximum atomic E-state index is 11.1. The Morgan fingerprint density at radius 2 is 2.60 bits per heavy atom. The highest BCUT2D eigenvalue weighted by Gasteiger charge is 2.15. The average Bonchev–Trinajstić information content (AvgIpc) is 2.65. The number of anilines is 1. The van der Waals surface area contributed by atoms with Crippen LogP contribution in [0.3, 0.4) is 0 Å². The van der Waals surface area contributed by atoms with Gasteiger partial charge in [-0.15, -0.1) is 0 Å². The molecule has 0 unspecified atom stereocenters. The number of hydrogen-bond acceptors (Lipinski definition) is 4. The van der Waals surface area contributed by atoms with Crippen LogP contribution in [0.2, 0.25) is 0 Å². The highest BCUT2D eigenvalue weighted by molar-refractivity contribution is 5.24. The molecule has 1 atom stereocenters. The molecule has 2 N–H and O–H groups in total. The summed E-state index contributed by atoms with van der Waals surface area (Å²) in [6.45, 7) is 3.34. The molecule has 0 spiro atoms. The van der Waals surface area contributed by atoms with Gasteiger partial charge < -0.3 is 10.1 Å². The lowest BCUT2D eigenvalue weighted by Crippen LogP contribution is -2.21. The molecule has 5 nitrogen and oxygen atoms in total. The van der Waals surface area contributed by atoms with E-state index in [2.05, 4.69) is 15.3 Å². The zero-order valence-electron chi connectivity index (χ0n) is 8.75. The van der Waals surface area contributed by atoms with Gasteiger partial charge >= 0.3 is 0 Å². The monoisotopic (exact) mass is 209 g/mol. The first kappa shape index (κ1) is 10.2. The minimum atomic E-state index is -0.127. The van der Waals surface area contributed by atoms with Crippen LogP contribution in [0.5, 0.6) is 0 Å². The smallest absolute Gasteiger partial charge is 0.252 e. The van der Waals surface area contributed by atoms with Gasteiger partial charge in [0.1, 0.15) is 0 Å². The number of ether oxygens (including phenoxy) is 1. The minimum Gasteiger partial charge on any atom is -0.376 e. The Morgan fingerprint density at radius 3 is 3.27 bits per heavy atom. The fraction of sp³-hybridized carbons (Fsp3) is 0.600. The standard InChI is InChI=1S/C10H15N3O2/c1-7-5-9(14)13-10(12-7)11-6-8-3-2-4-15-8/h5,8H,2-4,6H2,1H3,(H2,11,12,13,14)/t8-/m1/s1. The van der Waals surface area contributed by atoms with Gasteiger partial charge in [-0.25, -0.2) is 4.98 Å². The van der Waals surface area contributed by atoms with Crippen LogP contribution in [-0.2, 0) is 4.74 Å². The van der Waals surface area contributed by atoms with Gasteiger partial charge in [0.2, 0.25) is 5.95 Å². The van der Waals surface area contributed by atoms with Gasteiger partial charge in [0, 0.05) is 24.9 Å².